The van der Waals surface area contributed by atoms with E-state index in [1.165, 1.54) is 0 Å². The molecule has 1 amide bonds. The highest BCUT2D eigenvalue weighted by Gasteiger charge is 2.29. The normalized spacial score (nSPS) is 22.8. The largest absolute Gasteiger partial charge is 0.495 e. The van der Waals surface area contributed by atoms with Gasteiger partial charge in [0.25, 0.3) is 0 Å². The average Bonchev–Trinajstić information content (AvgIpc) is 2.77. The fraction of sp³-hybridized carbons (Fsp3) is 0.500. The van der Waals surface area contributed by atoms with E-state index in [1.54, 1.807) is 7.11 Å². The molecule has 1 fully saturated rings. The standard InChI is InChI=1S/C14H20N2O2/c1-9-4-5-12(13(6-9)18-3)16-14(17)11-8-15-7-10(11)2/h4-6,10-11,15H,7-8H2,1-3H3,(H,16,17). The van der Waals surface area contributed by atoms with Crippen molar-refractivity contribution in [2.24, 2.45) is 11.8 Å². The van der Waals surface area contributed by atoms with Crippen LogP contribution in [0.5, 0.6) is 5.75 Å². The second-order valence-corrected chi connectivity index (χ2v) is 4.94. The zero-order chi connectivity index (χ0) is 13.1. The van der Waals surface area contributed by atoms with E-state index in [9.17, 15) is 4.79 Å². The van der Waals surface area contributed by atoms with E-state index in [0.29, 0.717) is 11.7 Å². The summed E-state index contributed by atoms with van der Waals surface area (Å²) in [7, 11) is 1.62. The summed E-state index contributed by atoms with van der Waals surface area (Å²) in [6, 6.07) is 5.78. The van der Waals surface area contributed by atoms with Crippen molar-refractivity contribution in [3.05, 3.63) is 23.8 Å². The Labute approximate surface area is 108 Å². The van der Waals surface area contributed by atoms with Gasteiger partial charge in [-0.15, -0.1) is 0 Å². The molecule has 4 nitrogen and oxygen atoms in total. The van der Waals surface area contributed by atoms with Gasteiger partial charge in [-0.1, -0.05) is 13.0 Å². The minimum Gasteiger partial charge on any atom is -0.495 e. The first kappa shape index (κ1) is 12.9. The Bertz CT molecular complexity index is 445. The van der Waals surface area contributed by atoms with Crippen LogP contribution in [0.15, 0.2) is 18.2 Å². The molecule has 1 aromatic carbocycles. The van der Waals surface area contributed by atoms with Crippen molar-refractivity contribution < 1.29 is 9.53 Å². The number of nitrogens with one attached hydrogen (secondary N) is 2. The lowest BCUT2D eigenvalue weighted by atomic mass is 9.97. The summed E-state index contributed by atoms with van der Waals surface area (Å²) in [5.74, 6) is 1.19. The molecule has 98 valence electrons. The Balaban J connectivity index is 2.11. The van der Waals surface area contributed by atoms with E-state index in [-0.39, 0.29) is 11.8 Å². The zero-order valence-corrected chi connectivity index (χ0v) is 11.1. The molecule has 1 aliphatic heterocycles. The number of hydrogen-bond acceptors (Lipinski definition) is 3. The van der Waals surface area contributed by atoms with E-state index >= 15 is 0 Å². The maximum Gasteiger partial charge on any atom is 0.229 e. The summed E-state index contributed by atoms with van der Waals surface area (Å²) < 4.78 is 5.29. The molecular weight excluding hydrogens is 228 g/mol. The molecule has 2 unspecified atom stereocenters. The highest BCUT2D eigenvalue weighted by Crippen LogP contribution is 2.27. The van der Waals surface area contributed by atoms with E-state index in [2.05, 4.69) is 17.6 Å². The van der Waals surface area contributed by atoms with Crippen LogP contribution < -0.4 is 15.4 Å². The van der Waals surface area contributed by atoms with Gasteiger partial charge in [0, 0.05) is 6.54 Å². The van der Waals surface area contributed by atoms with E-state index in [4.69, 9.17) is 4.74 Å². The summed E-state index contributed by atoms with van der Waals surface area (Å²) in [5, 5.41) is 6.19. The van der Waals surface area contributed by atoms with Gasteiger partial charge in [0.1, 0.15) is 5.75 Å². The van der Waals surface area contributed by atoms with Crippen molar-refractivity contribution >= 4 is 11.6 Å². The number of aryl methyl sites for hydroxylation is 1. The maximum atomic E-state index is 12.2. The molecule has 18 heavy (non-hydrogen) atoms. The lowest BCUT2D eigenvalue weighted by Gasteiger charge is -2.16. The zero-order valence-electron chi connectivity index (χ0n) is 11.1. The molecule has 0 saturated carbocycles. The second kappa shape index (κ2) is 5.40. The highest BCUT2D eigenvalue weighted by molar-refractivity contribution is 5.94. The Morgan fingerprint density at radius 1 is 1.44 bits per heavy atom. The molecule has 1 saturated heterocycles. The molecule has 0 radical (unpaired) electrons. The smallest absolute Gasteiger partial charge is 0.229 e. The Kier molecular flexibility index (Phi) is 3.87. The van der Waals surface area contributed by atoms with Gasteiger partial charge >= 0.3 is 0 Å². The van der Waals surface area contributed by atoms with Gasteiger partial charge in [0.05, 0.1) is 18.7 Å². The van der Waals surface area contributed by atoms with Gasteiger partial charge in [0.2, 0.25) is 5.91 Å². The second-order valence-electron chi connectivity index (χ2n) is 4.94. The number of rotatable bonds is 3. The number of carbonyl (C=O) groups is 1. The average molecular weight is 248 g/mol. The van der Waals surface area contributed by atoms with Gasteiger partial charge in [-0.3, -0.25) is 4.79 Å². The predicted molar refractivity (Wildman–Crippen MR) is 71.9 cm³/mol. The van der Waals surface area contributed by atoms with Crippen molar-refractivity contribution in [1.82, 2.24) is 5.32 Å². The third kappa shape index (κ3) is 2.64. The van der Waals surface area contributed by atoms with E-state index < -0.39 is 0 Å². The van der Waals surface area contributed by atoms with Gasteiger partial charge in [-0.2, -0.15) is 0 Å². The Morgan fingerprint density at radius 3 is 2.83 bits per heavy atom. The molecular formula is C14H20N2O2. The number of ether oxygens (including phenoxy) is 1. The van der Waals surface area contributed by atoms with Gasteiger partial charge < -0.3 is 15.4 Å². The van der Waals surface area contributed by atoms with Crippen LogP contribution >= 0.6 is 0 Å². The van der Waals surface area contributed by atoms with Crippen LogP contribution in [-0.4, -0.2) is 26.1 Å². The summed E-state index contributed by atoms with van der Waals surface area (Å²) in [4.78, 5) is 12.2. The minimum absolute atomic E-state index is 0.0380. The van der Waals surface area contributed by atoms with Crippen LogP contribution in [0.3, 0.4) is 0 Å². The van der Waals surface area contributed by atoms with Crippen molar-refractivity contribution in [1.29, 1.82) is 0 Å². The van der Waals surface area contributed by atoms with Crippen LogP contribution in [0.4, 0.5) is 5.69 Å². The molecule has 4 heteroatoms. The van der Waals surface area contributed by atoms with Crippen LogP contribution in [0, 0.1) is 18.8 Å². The molecule has 1 aliphatic rings. The van der Waals surface area contributed by atoms with Crippen LogP contribution in [0.25, 0.3) is 0 Å². The van der Waals surface area contributed by atoms with Crippen molar-refractivity contribution in [2.75, 3.05) is 25.5 Å². The number of amides is 1. The SMILES string of the molecule is COc1cc(C)ccc1NC(=O)C1CNCC1C. The first-order valence-electron chi connectivity index (χ1n) is 6.28. The predicted octanol–water partition coefficient (Wildman–Crippen LogP) is 1.80. The van der Waals surface area contributed by atoms with Crippen LogP contribution in [0.2, 0.25) is 0 Å². The van der Waals surface area contributed by atoms with Crippen molar-refractivity contribution in [2.45, 2.75) is 13.8 Å². The third-order valence-corrected chi connectivity index (χ3v) is 3.47. The Hall–Kier alpha value is -1.55. The monoisotopic (exact) mass is 248 g/mol. The molecule has 0 spiro atoms. The summed E-state index contributed by atoms with van der Waals surface area (Å²) in [6.07, 6.45) is 0. The van der Waals surface area contributed by atoms with E-state index in [1.807, 2.05) is 25.1 Å². The molecule has 0 aromatic heterocycles. The minimum atomic E-state index is 0.0380. The molecule has 1 aromatic rings. The molecule has 0 bridgehead atoms. The first-order chi connectivity index (χ1) is 8.61. The van der Waals surface area contributed by atoms with Gasteiger partial charge in [-0.25, -0.2) is 0 Å². The van der Waals surface area contributed by atoms with Crippen LogP contribution in [0.1, 0.15) is 12.5 Å². The lowest BCUT2D eigenvalue weighted by molar-refractivity contribution is -0.120. The topological polar surface area (TPSA) is 50.4 Å². The van der Waals surface area contributed by atoms with Gasteiger partial charge in [-0.05, 0) is 37.1 Å². The molecule has 2 rings (SSSR count). The fourth-order valence-corrected chi connectivity index (χ4v) is 2.29. The third-order valence-electron chi connectivity index (χ3n) is 3.47. The molecule has 2 N–H and O–H groups in total. The molecule has 2 atom stereocenters. The van der Waals surface area contributed by atoms with Crippen LogP contribution in [-0.2, 0) is 4.79 Å². The molecule has 1 heterocycles. The van der Waals surface area contributed by atoms with Crippen molar-refractivity contribution in [3.63, 3.8) is 0 Å². The maximum absolute atomic E-state index is 12.2. The number of methoxy groups -OCH3 is 1. The number of carbonyl (C=O) groups excluding carboxylic acids is 1. The number of anilines is 1. The molecule has 0 aliphatic carbocycles. The Morgan fingerprint density at radius 2 is 2.22 bits per heavy atom. The number of hydrogen-bond donors (Lipinski definition) is 2. The van der Waals surface area contributed by atoms with Crippen molar-refractivity contribution in [3.8, 4) is 5.75 Å². The summed E-state index contributed by atoms with van der Waals surface area (Å²) >= 11 is 0. The quantitative estimate of drug-likeness (QED) is 0.857. The highest BCUT2D eigenvalue weighted by atomic mass is 16.5. The van der Waals surface area contributed by atoms with Gasteiger partial charge in [0.15, 0.2) is 0 Å². The fourth-order valence-electron chi connectivity index (χ4n) is 2.29. The first-order valence-corrected chi connectivity index (χ1v) is 6.28. The summed E-state index contributed by atoms with van der Waals surface area (Å²) in [6.45, 7) is 5.75. The number of benzene rings is 1. The van der Waals surface area contributed by atoms with E-state index in [0.717, 1.165) is 24.3 Å². The lowest BCUT2D eigenvalue weighted by Crippen LogP contribution is -2.28. The summed E-state index contributed by atoms with van der Waals surface area (Å²) in [5.41, 5.74) is 1.85.